The van der Waals surface area contributed by atoms with Gasteiger partial charge >= 0.3 is 5.97 Å². The number of amides is 1. The Hall–Kier alpha value is -3.45. The van der Waals surface area contributed by atoms with E-state index in [9.17, 15) is 23.5 Å². The standard InChI is InChI=1S/C27H24ClF2NO4/c1-27(13-18-4-2-3-5-23(18)30)14-20-10-17(6-9-24(20)35-27)11-25(32)31(16-26(33)34)15-19-7-8-21(29)12-22(19)28/h2-10,12H,11,13-16H2,1H3,(H,33,34)/t27-/m1/s1. The Morgan fingerprint density at radius 2 is 1.86 bits per heavy atom. The Morgan fingerprint density at radius 1 is 1.09 bits per heavy atom. The number of carboxylic acids is 1. The van der Waals surface area contributed by atoms with E-state index in [1.54, 1.807) is 30.3 Å². The third-order valence-electron chi connectivity index (χ3n) is 5.98. The lowest BCUT2D eigenvalue weighted by molar-refractivity contribution is -0.144. The van der Waals surface area contributed by atoms with E-state index < -0.39 is 29.8 Å². The number of fused-ring (bicyclic) bond motifs is 1. The molecule has 1 N–H and O–H groups in total. The van der Waals surface area contributed by atoms with Crippen LogP contribution in [-0.2, 0) is 35.4 Å². The first-order chi connectivity index (χ1) is 16.6. The van der Waals surface area contributed by atoms with Crippen LogP contribution in [0.15, 0.2) is 60.7 Å². The second kappa shape index (κ2) is 10.0. The minimum absolute atomic E-state index is 0.0244. The molecule has 3 aromatic rings. The topological polar surface area (TPSA) is 66.8 Å². The van der Waals surface area contributed by atoms with Crippen molar-refractivity contribution in [2.75, 3.05) is 6.54 Å². The Morgan fingerprint density at radius 3 is 2.57 bits per heavy atom. The third-order valence-corrected chi connectivity index (χ3v) is 6.33. The van der Waals surface area contributed by atoms with Crippen molar-refractivity contribution >= 4 is 23.5 Å². The van der Waals surface area contributed by atoms with Gasteiger partial charge in [-0.2, -0.15) is 0 Å². The Balaban J connectivity index is 1.47. The number of carbonyl (C=O) groups is 2. The molecule has 0 unspecified atom stereocenters. The second-order valence-corrected chi connectivity index (χ2v) is 9.40. The lowest BCUT2D eigenvalue weighted by atomic mass is 9.91. The molecule has 8 heteroatoms. The summed E-state index contributed by atoms with van der Waals surface area (Å²) in [6.07, 6.45) is 0.916. The molecule has 3 aromatic carbocycles. The molecule has 1 amide bonds. The molecule has 0 saturated heterocycles. The Kier molecular flexibility index (Phi) is 7.08. The van der Waals surface area contributed by atoms with Crippen LogP contribution >= 0.6 is 11.6 Å². The van der Waals surface area contributed by atoms with Gasteiger partial charge in [-0.1, -0.05) is 48.0 Å². The SMILES string of the molecule is C[C@@]1(Cc2ccccc2F)Cc2cc(CC(=O)N(CC(=O)O)Cc3ccc(F)cc3Cl)ccc2O1. The highest BCUT2D eigenvalue weighted by Gasteiger charge is 2.36. The smallest absolute Gasteiger partial charge is 0.323 e. The van der Waals surface area contributed by atoms with Crippen molar-refractivity contribution in [1.29, 1.82) is 0 Å². The Labute approximate surface area is 206 Å². The summed E-state index contributed by atoms with van der Waals surface area (Å²) < 4.78 is 33.6. The molecule has 35 heavy (non-hydrogen) atoms. The highest BCUT2D eigenvalue weighted by Crippen LogP contribution is 2.38. The number of benzene rings is 3. The van der Waals surface area contributed by atoms with Gasteiger partial charge in [0.2, 0.25) is 5.91 Å². The fourth-order valence-corrected chi connectivity index (χ4v) is 4.59. The molecule has 0 saturated carbocycles. The molecule has 0 fully saturated rings. The number of carboxylic acid groups (broad SMARTS) is 1. The number of halogens is 3. The number of nitrogens with zero attached hydrogens (tertiary/aromatic N) is 1. The zero-order chi connectivity index (χ0) is 25.2. The monoisotopic (exact) mass is 499 g/mol. The van der Waals surface area contributed by atoms with Gasteiger partial charge in [0.1, 0.15) is 29.5 Å². The average molecular weight is 500 g/mol. The molecule has 4 rings (SSSR count). The van der Waals surface area contributed by atoms with Gasteiger partial charge in [0.15, 0.2) is 0 Å². The fraction of sp³-hybridized carbons (Fsp3) is 0.259. The summed E-state index contributed by atoms with van der Waals surface area (Å²) in [5, 5.41) is 9.41. The number of hydrogen-bond acceptors (Lipinski definition) is 3. The van der Waals surface area contributed by atoms with Crippen molar-refractivity contribution in [3.8, 4) is 5.75 Å². The van der Waals surface area contributed by atoms with Crippen molar-refractivity contribution in [1.82, 2.24) is 4.90 Å². The van der Waals surface area contributed by atoms with Crippen LogP contribution in [0.2, 0.25) is 5.02 Å². The van der Waals surface area contributed by atoms with E-state index in [0.29, 0.717) is 35.3 Å². The normalized spacial score (nSPS) is 16.5. The summed E-state index contributed by atoms with van der Waals surface area (Å²) in [4.78, 5) is 25.5. The maximum atomic E-state index is 14.2. The van der Waals surface area contributed by atoms with Crippen LogP contribution in [0.5, 0.6) is 5.75 Å². The number of ether oxygens (including phenoxy) is 1. The molecule has 1 aliphatic rings. The van der Waals surface area contributed by atoms with Gasteiger partial charge in [0, 0.05) is 24.4 Å². The second-order valence-electron chi connectivity index (χ2n) is 9.00. The predicted octanol–water partition coefficient (Wildman–Crippen LogP) is 5.21. The maximum Gasteiger partial charge on any atom is 0.323 e. The lowest BCUT2D eigenvalue weighted by Crippen LogP contribution is -2.36. The minimum Gasteiger partial charge on any atom is -0.487 e. The summed E-state index contributed by atoms with van der Waals surface area (Å²) in [6, 6.07) is 15.8. The Bertz CT molecular complexity index is 1280. The number of hydrogen-bond donors (Lipinski definition) is 1. The number of aliphatic carboxylic acids is 1. The molecule has 0 radical (unpaired) electrons. The van der Waals surface area contributed by atoms with Crippen LogP contribution in [0.1, 0.15) is 29.2 Å². The van der Waals surface area contributed by atoms with Crippen LogP contribution in [-0.4, -0.2) is 34.0 Å². The lowest BCUT2D eigenvalue weighted by Gasteiger charge is -2.24. The van der Waals surface area contributed by atoms with E-state index in [2.05, 4.69) is 0 Å². The van der Waals surface area contributed by atoms with Crippen LogP contribution in [0, 0.1) is 11.6 Å². The van der Waals surface area contributed by atoms with Crippen LogP contribution in [0.25, 0.3) is 0 Å². The van der Waals surface area contributed by atoms with Crippen molar-refractivity contribution < 1.29 is 28.2 Å². The molecule has 0 bridgehead atoms. The van der Waals surface area contributed by atoms with E-state index in [0.717, 1.165) is 11.6 Å². The number of carbonyl (C=O) groups excluding carboxylic acids is 1. The van der Waals surface area contributed by atoms with E-state index in [1.807, 2.05) is 13.0 Å². The van der Waals surface area contributed by atoms with Gasteiger partial charge < -0.3 is 14.7 Å². The first-order valence-electron chi connectivity index (χ1n) is 11.1. The van der Waals surface area contributed by atoms with Gasteiger partial charge in [0.05, 0.1) is 6.42 Å². The van der Waals surface area contributed by atoms with Crippen molar-refractivity contribution in [2.45, 2.75) is 38.3 Å². The van der Waals surface area contributed by atoms with Crippen molar-refractivity contribution in [3.05, 3.63) is 99.6 Å². The summed E-state index contributed by atoms with van der Waals surface area (Å²) in [5.41, 5.74) is 2.01. The third kappa shape index (κ3) is 5.98. The molecule has 5 nitrogen and oxygen atoms in total. The molecule has 0 aliphatic carbocycles. The zero-order valence-corrected chi connectivity index (χ0v) is 19.8. The molecule has 0 aromatic heterocycles. The molecule has 0 spiro atoms. The van der Waals surface area contributed by atoms with E-state index >= 15 is 0 Å². The summed E-state index contributed by atoms with van der Waals surface area (Å²) >= 11 is 6.07. The summed E-state index contributed by atoms with van der Waals surface area (Å²) in [7, 11) is 0. The van der Waals surface area contributed by atoms with Gasteiger partial charge in [0.25, 0.3) is 0 Å². The molecule has 182 valence electrons. The highest BCUT2D eigenvalue weighted by molar-refractivity contribution is 6.31. The van der Waals surface area contributed by atoms with Crippen LogP contribution in [0.4, 0.5) is 8.78 Å². The van der Waals surface area contributed by atoms with Gasteiger partial charge in [-0.3, -0.25) is 9.59 Å². The van der Waals surface area contributed by atoms with Gasteiger partial charge in [-0.05, 0) is 53.4 Å². The predicted molar refractivity (Wildman–Crippen MR) is 127 cm³/mol. The number of rotatable bonds is 8. The maximum absolute atomic E-state index is 14.2. The average Bonchev–Trinajstić information content (AvgIpc) is 3.11. The summed E-state index contributed by atoms with van der Waals surface area (Å²) in [6.45, 7) is 1.35. The molecule has 1 heterocycles. The van der Waals surface area contributed by atoms with E-state index in [1.165, 1.54) is 23.1 Å². The summed E-state index contributed by atoms with van der Waals surface area (Å²) in [5.74, 6) is -1.68. The first-order valence-corrected chi connectivity index (χ1v) is 11.5. The van der Waals surface area contributed by atoms with Crippen LogP contribution in [0.3, 0.4) is 0 Å². The van der Waals surface area contributed by atoms with E-state index in [4.69, 9.17) is 16.3 Å². The molecule has 1 atom stereocenters. The van der Waals surface area contributed by atoms with Gasteiger partial charge in [-0.25, -0.2) is 8.78 Å². The minimum atomic E-state index is -1.16. The molecular weight excluding hydrogens is 476 g/mol. The quantitative estimate of drug-likeness (QED) is 0.462. The first kappa shape index (κ1) is 24.7. The molecular formula is C27H24ClF2NO4. The van der Waals surface area contributed by atoms with Gasteiger partial charge in [-0.15, -0.1) is 0 Å². The van der Waals surface area contributed by atoms with E-state index in [-0.39, 0.29) is 23.8 Å². The highest BCUT2D eigenvalue weighted by atomic mass is 35.5. The zero-order valence-electron chi connectivity index (χ0n) is 19.1. The van der Waals surface area contributed by atoms with Crippen LogP contribution < -0.4 is 4.74 Å². The van der Waals surface area contributed by atoms with Crippen molar-refractivity contribution in [2.24, 2.45) is 0 Å². The fourth-order valence-electron chi connectivity index (χ4n) is 4.37. The molecule has 1 aliphatic heterocycles. The largest absolute Gasteiger partial charge is 0.487 e. The van der Waals surface area contributed by atoms with Crippen molar-refractivity contribution in [3.63, 3.8) is 0 Å².